The molecule has 1 atom stereocenters. The molecule has 1 fully saturated rings. The first-order valence-corrected chi connectivity index (χ1v) is 7.79. The van der Waals surface area contributed by atoms with Gasteiger partial charge in [0.1, 0.15) is 5.75 Å². The molecule has 0 saturated heterocycles. The number of amides is 1. The zero-order chi connectivity index (χ0) is 15.2. The second kappa shape index (κ2) is 7.46. The first-order valence-electron chi connectivity index (χ1n) is 7.79. The molecule has 0 spiro atoms. The van der Waals surface area contributed by atoms with Crippen molar-refractivity contribution >= 4 is 5.91 Å². The summed E-state index contributed by atoms with van der Waals surface area (Å²) >= 11 is 0. The van der Waals surface area contributed by atoms with Crippen molar-refractivity contribution in [1.29, 1.82) is 0 Å². The Morgan fingerprint density at radius 3 is 2.76 bits per heavy atom. The summed E-state index contributed by atoms with van der Waals surface area (Å²) in [6.07, 6.45) is 3.60. The second-order valence-electron chi connectivity index (χ2n) is 5.95. The van der Waals surface area contributed by atoms with Crippen molar-refractivity contribution in [3.63, 3.8) is 0 Å². The third-order valence-corrected chi connectivity index (χ3v) is 4.09. The molecule has 0 bridgehead atoms. The van der Waals surface area contributed by atoms with Crippen LogP contribution < -0.4 is 15.8 Å². The van der Waals surface area contributed by atoms with Crippen LogP contribution >= 0.6 is 0 Å². The molecule has 1 aromatic rings. The summed E-state index contributed by atoms with van der Waals surface area (Å²) in [5.41, 5.74) is 8.16. The molecule has 2 rings (SSSR count). The standard InChI is InChI=1S/C17H26N2O2/c1-12-5-8-15(10-13(12)2)21-9-3-4-17(20)19-16(11-18)14-6-7-14/h5,8,10,14,16H,3-4,6-7,9,11,18H2,1-2H3,(H,19,20). The van der Waals surface area contributed by atoms with Gasteiger partial charge >= 0.3 is 0 Å². The summed E-state index contributed by atoms with van der Waals surface area (Å²) in [7, 11) is 0. The molecule has 116 valence electrons. The Morgan fingerprint density at radius 2 is 2.14 bits per heavy atom. The first kappa shape index (κ1) is 15.8. The number of carbonyl (C=O) groups is 1. The second-order valence-corrected chi connectivity index (χ2v) is 5.95. The monoisotopic (exact) mass is 290 g/mol. The molecule has 1 aromatic carbocycles. The highest BCUT2D eigenvalue weighted by atomic mass is 16.5. The number of nitrogens with two attached hydrogens (primary N) is 1. The van der Waals surface area contributed by atoms with E-state index in [1.165, 1.54) is 24.0 Å². The summed E-state index contributed by atoms with van der Waals surface area (Å²) in [6.45, 7) is 5.25. The van der Waals surface area contributed by atoms with Crippen LogP contribution in [0.1, 0.15) is 36.8 Å². The van der Waals surface area contributed by atoms with Gasteiger partial charge in [0.15, 0.2) is 0 Å². The molecule has 4 nitrogen and oxygen atoms in total. The lowest BCUT2D eigenvalue weighted by Crippen LogP contribution is -2.41. The predicted octanol–water partition coefficient (Wildman–Crippen LogP) is 2.32. The van der Waals surface area contributed by atoms with Crippen LogP contribution in [0.3, 0.4) is 0 Å². The van der Waals surface area contributed by atoms with E-state index in [4.69, 9.17) is 10.5 Å². The minimum atomic E-state index is 0.0843. The van der Waals surface area contributed by atoms with Crippen molar-refractivity contribution in [3.05, 3.63) is 29.3 Å². The van der Waals surface area contributed by atoms with Crippen molar-refractivity contribution in [1.82, 2.24) is 5.32 Å². The van der Waals surface area contributed by atoms with Gasteiger partial charge in [0, 0.05) is 19.0 Å². The lowest BCUT2D eigenvalue weighted by Gasteiger charge is -2.16. The molecule has 0 radical (unpaired) electrons. The molecule has 0 aromatic heterocycles. The fourth-order valence-corrected chi connectivity index (χ4v) is 2.37. The number of rotatable bonds is 8. The summed E-state index contributed by atoms with van der Waals surface area (Å²) in [5, 5.41) is 3.02. The van der Waals surface area contributed by atoms with Gasteiger partial charge in [0.25, 0.3) is 0 Å². The highest BCUT2D eigenvalue weighted by Gasteiger charge is 2.30. The summed E-state index contributed by atoms with van der Waals surface area (Å²) in [5.74, 6) is 1.56. The van der Waals surface area contributed by atoms with E-state index in [2.05, 4.69) is 25.2 Å². The molecule has 0 aliphatic heterocycles. The van der Waals surface area contributed by atoms with Gasteiger partial charge < -0.3 is 15.8 Å². The molecular formula is C17H26N2O2. The van der Waals surface area contributed by atoms with Crippen LogP contribution in [0.5, 0.6) is 5.75 Å². The number of hydrogen-bond acceptors (Lipinski definition) is 3. The van der Waals surface area contributed by atoms with Crippen molar-refractivity contribution in [2.45, 2.75) is 45.6 Å². The minimum Gasteiger partial charge on any atom is -0.494 e. The van der Waals surface area contributed by atoms with E-state index in [1.807, 2.05) is 12.1 Å². The van der Waals surface area contributed by atoms with Gasteiger partial charge in [-0.15, -0.1) is 0 Å². The van der Waals surface area contributed by atoms with E-state index in [1.54, 1.807) is 0 Å². The fraction of sp³-hybridized carbons (Fsp3) is 0.588. The molecule has 1 amide bonds. The van der Waals surface area contributed by atoms with Gasteiger partial charge in [0.05, 0.1) is 6.61 Å². The molecule has 4 heteroatoms. The Kier molecular flexibility index (Phi) is 5.62. The third-order valence-electron chi connectivity index (χ3n) is 4.09. The molecule has 0 heterocycles. The van der Waals surface area contributed by atoms with Gasteiger partial charge in [-0.25, -0.2) is 0 Å². The predicted molar refractivity (Wildman–Crippen MR) is 84.4 cm³/mol. The molecule has 1 unspecified atom stereocenters. The number of nitrogens with one attached hydrogen (secondary N) is 1. The van der Waals surface area contributed by atoms with Gasteiger partial charge in [0.2, 0.25) is 5.91 Å². The Morgan fingerprint density at radius 1 is 1.38 bits per heavy atom. The van der Waals surface area contributed by atoms with Crippen molar-refractivity contribution in [2.24, 2.45) is 11.7 Å². The quantitative estimate of drug-likeness (QED) is 0.722. The van der Waals surface area contributed by atoms with E-state index in [9.17, 15) is 4.79 Å². The van der Waals surface area contributed by atoms with E-state index >= 15 is 0 Å². The number of hydrogen-bond donors (Lipinski definition) is 2. The molecule has 1 aliphatic rings. The van der Waals surface area contributed by atoms with Gasteiger partial charge in [-0.2, -0.15) is 0 Å². The Hall–Kier alpha value is -1.55. The zero-order valence-electron chi connectivity index (χ0n) is 13.0. The maximum absolute atomic E-state index is 11.8. The van der Waals surface area contributed by atoms with E-state index in [-0.39, 0.29) is 11.9 Å². The normalized spacial score (nSPS) is 15.6. The summed E-state index contributed by atoms with van der Waals surface area (Å²) in [4.78, 5) is 11.8. The number of benzene rings is 1. The number of aryl methyl sites for hydroxylation is 2. The van der Waals surface area contributed by atoms with Gasteiger partial charge in [-0.1, -0.05) is 6.07 Å². The largest absolute Gasteiger partial charge is 0.494 e. The Bertz CT molecular complexity index is 484. The van der Waals surface area contributed by atoms with E-state index in [0.29, 0.717) is 25.5 Å². The smallest absolute Gasteiger partial charge is 0.220 e. The average molecular weight is 290 g/mol. The van der Waals surface area contributed by atoms with Crippen molar-refractivity contribution in [2.75, 3.05) is 13.2 Å². The summed E-state index contributed by atoms with van der Waals surface area (Å²) < 4.78 is 5.68. The lowest BCUT2D eigenvalue weighted by atomic mass is 10.1. The van der Waals surface area contributed by atoms with Crippen LogP contribution in [-0.2, 0) is 4.79 Å². The van der Waals surface area contributed by atoms with Crippen molar-refractivity contribution in [3.8, 4) is 5.75 Å². The maximum atomic E-state index is 11.8. The Balaban J connectivity index is 1.64. The highest BCUT2D eigenvalue weighted by Crippen LogP contribution is 2.32. The highest BCUT2D eigenvalue weighted by molar-refractivity contribution is 5.76. The van der Waals surface area contributed by atoms with Crippen LogP contribution in [-0.4, -0.2) is 25.1 Å². The summed E-state index contributed by atoms with van der Waals surface area (Å²) in [6, 6.07) is 6.23. The van der Waals surface area contributed by atoms with Crippen LogP contribution in [0.2, 0.25) is 0 Å². The third kappa shape index (κ3) is 5.05. The minimum absolute atomic E-state index is 0.0843. The van der Waals surface area contributed by atoms with Crippen molar-refractivity contribution < 1.29 is 9.53 Å². The molecular weight excluding hydrogens is 264 g/mol. The molecule has 1 saturated carbocycles. The van der Waals surface area contributed by atoms with E-state index in [0.717, 1.165) is 12.2 Å². The average Bonchev–Trinajstić information content (AvgIpc) is 3.29. The molecule has 21 heavy (non-hydrogen) atoms. The number of ether oxygens (including phenoxy) is 1. The van der Waals surface area contributed by atoms with Crippen LogP contribution in [0.25, 0.3) is 0 Å². The zero-order valence-corrected chi connectivity index (χ0v) is 13.0. The van der Waals surface area contributed by atoms with Gasteiger partial charge in [-0.3, -0.25) is 4.79 Å². The van der Waals surface area contributed by atoms with Gasteiger partial charge in [-0.05, 0) is 62.3 Å². The maximum Gasteiger partial charge on any atom is 0.220 e. The van der Waals surface area contributed by atoms with Crippen LogP contribution in [0.15, 0.2) is 18.2 Å². The van der Waals surface area contributed by atoms with Crippen LogP contribution in [0.4, 0.5) is 0 Å². The molecule has 3 N–H and O–H groups in total. The number of carbonyl (C=O) groups excluding carboxylic acids is 1. The van der Waals surface area contributed by atoms with Crippen LogP contribution in [0, 0.1) is 19.8 Å². The Labute approximate surface area is 127 Å². The van der Waals surface area contributed by atoms with E-state index < -0.39 is 0 Å². The SMILES string of the molecule is Cc1ccc(OCCCC(=O)NC(CN)C2CC2)cc1C. The first-order chi connectivity index (χ1) is 10.1. The lowest BCUT2D eigenvalue weighted by molar-refractivity contribution is -0.122. The topological polar surface area (TPSA) is 64.3 Å². The molecule has 1 aliphatic carbocycles. The fourth-order valence-electron chi connectivity index (χ4n) is 2.37.